The summed E-state index contributed by atoms with van der Waals surface area (Å²) >= 11 is 0. The SMILES string of the molecule is C=C(C)C(=O)OC1(C)COC(=O)C1=C. The Morgan fingerprint density at radius 3 is 2.57 bits per heavy atom. The highest BCUT2D eigenvalue weighted by molar-refractivity contribution is 5.94. The van der Waals surface area contributed by atoms with Crippen molar-refractivity contribution in [2.24, 2.45) is 0 Å². The summed E-state index contributed by atoms with van der Waals surface area (Å²) in [5.74, 6) is -1.08. The van der Waals surface area contributed by atoms with Gasteiger partial charge in [0.05, 0.1) is 5.57 Å². The number of cyclic esters (lactones) is 1. The van der Waals surface area contributed by atoms with Crippen LogP contribution in [0.3, 0.4) is 0 Å². The molecule has 0 aromatic heterocycles. The van der Waals surface area contributed by atoms with Gasteiger partial charge in [0.25, 0.3) is 0 Å². The summed E-state index contributed by atoms with van der Waals surface area (Å²) in [5, 5.41) is 0. The molecular weight excluding hydrogens is 184 g/mol. The molecule has 0 saturated carbocycles. The van der Waals surface area contributed by atoms with Gasteiger partial charge in [-0.05, 0) is 13.8 Å². The van der Waals surface area contributed by atoms with E-state index in [-0.39, 0.29) is 17.8 Å². The number of rotatable bonds is 2. The van der Waals surface area contributed by atoms with Crippen molar-refractivity contribution in [3.05, 3.63) is 24.3 Å². The molecule has 0 spiro atoms. The lowest BCUT2D eigenvalue weighted by atomic mass is 10.0. The van der Waals surface area contributed by atoms with E-state index in [1.807, 2.05) is 0 Å². The summed E-state index contributed by atoms with van der Waals surface area (Å²) in [6.07, 6.45) is 0. The molecule has 1 fully saturated rings. The van der Waals surface area contributed by atoms with E-state index in [2.05, 4.69) is 13.2 Å². The molecule has 1 unspecified atom stereocenters. The maximum atomic E-state index is 11.2. The lowest BCUT2D eigenvalue weighted by Gasteiger charge is -2.21. The van der Waals surface area contributed by atoms with Gasteiger partial charge in [-0.2, -0.15) is 0 Å². The molecule has 1 rings (SSSR count). The fraction of sp³-hybridized carbons (Fsp3) is 0.400. The molecule has 1 aliphatic rings. The van der Waals surface area contributed by atoms with E-state index in [1.165, 1.54) is 6.92 Å². The quantitative estimate of drug-likeness (QED) is 0.488. The van der Waals surface area contributed by atoms with Crippen LogP contribution in [0, 0.1) is 0 Å². The zero-order valence-corrected chi connectivity index (χ0v) is 8.25. The van der Waals surface area contributed by atoms with Crippen molar-refractivity contribution in [1.82, 2.24) is 0 Å². The normalized spacial score (nSPS) is 25.9. The second kappa shape index (κ2) is 3.29. The smallest absolute Gasteiger partial charge is 0.337 e. The molecule has 1 saturated heterocycles. The van der Waals surface area contributed by atoms with Gasteiger partial charge >= 0.3 is 11.9 Å². The number of hydrogen-bond acceptors (Lipinski definition) is 4. The van der Waals surface area contributed by atoms with E-state index < -0.39 is 17.5 Å². The molecule has 0 N–H and O–H groups in total. The molecule has 4 nitrogen and oxygen atoms in total. The Hall–Kier alpha value is -1.58. The minimum absolute atomic E-state index is 0.0175. The molecule has 0 aliphatic carbocycles. The predicted octanol–water partition coefficient (Wildman–Crippen LogP) is 0.977. The third kappa shape index (κ3) is 1.69. The van der Waals surface area contributed by atoms with E-state index in [1.54, 1.807) is 6.92 Å². The van der Waals surface area contributed by atoms with Crippen molar-refractivity contribution in [3.63, 3.8) is 0 Å². The first-order valence-electron chi connectivity index (χ1n) is 4.12. The highest BCUT2D eigenvalue weighted by atomic mass is 16.6. The van der Waals surface area contributed by atoms with Crippen molar-refractivity contribution >= 4 is 11.9 Å². The summed E-state index contributed by atoms with van der Waals surface area (Å²) in [6, 6.07) is 0. The first-order valence-corrected chi connectivity index (χ1v) is 4.12. The topological polar surface area (TPSA) is 52.6 Å². The minimum Gasteiger partial charge on any atom is -0.458 e. The van der Waals surface area contributed by atoms with Crippen LogP contribution in [0.15, 0.2) is 24.3 Å². The third-order valence-corrected chi connectivity index (χ3v) is 2.03. The molecule has 0 radical (unpaired) electrons. The Kier molecular flexibility index (Phi) is 2.47. The standard InChI is InChI=1S/C10H12O4/c1-6(2)8(11)14-10(4)5-13-9(12)7(10)3/h1,3,5H2,2,4H3. The predicted molar refractivity (Wildman–Crippen MR) is 49.4 cm³/mol. The maximum absolute atomic E-state index is 11.2. The first-order chi connectivity index (χ1) is 6.37. The largest absolute Gasteiger partial charge is 0.458 e. The van der Waals surface area contributed by atoms with Gasteiger partial charge in [-0.15, -0.1) is 0 Å². The molecule has 4 heteroatoms. The van der Waals surface area contributed by atoms with Crippen LogP contribution >= 0.6 is 0 Å². The summed E-state index contributed by atoms with van der Waals surface area (Å²) in [4.78, 5) is 22.2. The zero-order chi connectivity index (χ0) is 10.9. The van der Waals surface area contributed by atoms with Crippen molar-refractivity contribution < 1.29 is 19.1 Å². The Bertz CT molecular complexity index is 329. The van der Waals surface area contributed by atoms with Crippen LogP contribution in [0.1, 0.15) is 13.8 Å². The zero-order valence-electron chi connectivity index (χ0n) is 8.25. The fourth-order valence-corrected chi connectivity index (χ4v) is 0.976. The molecule has 0 aromatic rings. The Morgan fingerprint density at radius 1 is 1.64 bits per heavy atom. The Labute approximate surface area is 82.2 Å². The van der Waals surface area contributed by atoms with E-state index in [0.717, 1.165) is 0 Å². The van der Waals surface area contributed by atoms with E-state index in [0.29, 0.717) is 0 Å². The number of hydrogen-bond donors (Lipinski definition) is 0. The Balaban J connectivity index is 2.78. The minimum atomic E-state index is -1.05. The van der Waals surface area contributed by atoms with E-state index in [4.69, 9.17) is 9.47 Å². The van der Waals surface area contributed by atoms with Gasteiger partial charge in [-0.25, -0.2) is 9.59 Å². The second-order valence-electron chi connectivity index (χ2n) is 3.46. The molecule has 0 aromatic carbocycles. The van der Waals surface area contributed by atoms with Crippen LogP contribution in [-0.2, 0) is 19.1 Å². The first kappa shape index (κ1) is 10.5. The third-order valence-electron chi connectivity index (χ3n) is 2.03. The van der Waals surface area contributed by atoms with Gasteiger partial charge in [0.15, 0.2) is 5.60 Å². The van der Waals surface area contributed by atoms with E-state index >= 15 is 0 Å². The number of carbonyl (C=O) groups is 2. The number of carbonyl (C=O) groups excluding carboxylic acids is 2. The van der Waals surface area contributed by atoms with Gasteiger partial charge in [0.1, 0.15) is 6.61 Å². The molecule has 1 heterocycles. The second-order valence-corrected chi connectivity index (χ2v) is 3.46. The molecule has 1 atom stereocenters. The van der Waals surface area contributed by atoms with E-state index in [9.17, 15) is 9.59 Å². The fourth-order valence-electron chi connectivity index (χ4n) is 0.976. The van der Waals surface area contributed by atoms with Gasteiger partial charge in [-0.1, -0.05) is 13.2 Å². The van der Waals surface area contributed by atoms with Crippen molar-refractivity contribution in [3.8, 4) is 0 Å². The molecule has 14 heavy (non-hydrogen) atoms. The summed E-state index contributed by atoms with van der Waals surface area (Å²) in [6.45, 7) is 10.1. The Morgan fingerprint density at radius 2 is 2.21 bits per heavy atom. The average Bonchev–Trinajstić information content (AvgIpc) is 2.34. The molecular formula is C10H12O4. The molecule has 0 amide bonds. The lowest BCUT2D eigenvalue weighted by Crippen LogP contribution is -2.34. The van der Waals surface area contributed by atoms with Crippen LogP contribution in [0.5, 0.6) is 0 Å². The molecule has 76 valence electrons. The van der Waals surface area contributed by atoms with Crippen LogP contribution in [0.4, 0.5) is 0 Å². The lowest BCUT2D eigenvalue weighted by molar-refractivity contribution is -0.151. The van der Waals surface area contributed by atoms with Crippen molar-refractivity contribution in [2.45, 2.75) is 19.4 Å². The van der Waals surface area contributed by atoms with Crippen LogP contribution in [0.25, 0.3) is 0 Å². The van der Waals surface area contributed by atoms with Crippen LogP contribution in [-0.4, -0.2) is 24.1 Å². The molecule has 1 aliphatic heterocycles. The summed E-state index contributed by atoms with van der Waals surface area (Å²) in [7, 11) is 0. The average molecular weight is 196 g/mol. The van der Waals surface area contributed by atoms with Gasteiger partial charge in [0.2, 0.25) is 0 Å². The van der Waals surface area contributed by atoms with Gasteiger partial charge in [-0.3, -0.25) is 0 Å². The highest BCUT2D eigenvalue weighted by Gasteiger charge is 2.44. The van der Waals surface area contributed by atoms with Crippen molar-refractivity contribution in [2.75, 3.05) is 6.61 Å². The number of ether oxygens (including phenoxy) is 2. The van der Waals surface area contributed by atoms with Gasteiger partial charge in [0, 0.05) is 5.57 Å². The summed E-state index contributed by atoms with van der Waals surface area (Å²) in [5.41, 5.74) is -0.613. The monoisotopic (exact) mass is 196 g/mol. The van der Waals surface area contributed by atoms with Crippen LogP contribution < -0.4 is 0 Å². The summed E-state index contributed by atoms with van der Waals surface area (Å²) < 4.78 is 9.78. The van der Waals surface area contributed by atoms with Gasteiger partial charge < -0.3 is 9.47 Å². The maximum Gasteiger partial charge on any atom is 0.337 e. The highest BCUT2D eigenvalue weighted by Crippen LogP contribution is 2.28. The van der Waals surface area contributed by atoms with Crippen LogP contribution in [0.2, 0.25) is 0 Å². The molecule has 0 bridgehead atoms. The van der Waals surface area contributed by atoms with Crippen molar-refractivity contribution in [1.29, 1.82) is 0 Å². The number of esters is 2.